The van der Waals surface area contributed by atoms with Crippen molar-refractivity contribution in [2.24, 2.45) is 16.7 Å². The van der Waals surface area contributed by atoms with Crippen molar-refractivity contribution in [1.29, 1.82) is 0 Å². The van der Waals surface area contributed by atoms with Gasteiger partial charge >= 0.3 is 5.69 Å². The number of hydrogen-bond donors (Lipinski definition) is 3. The maximum absolute atomic E-state index is 14.0. The molecular weight excluding hydrogens is 853 g/mol. The van der Waals surface area contributed by atoms with Crippen LogP contribution in [0, 0.1) is 26.9 Å². The lowest BCUT2D eigenvalue weighted by Gasteiger charge is -2.48. The zero-order chi connectivity index (χ0) is 46.2. The van der Waals surface area contributed by atoms with Crippen LogP contribution >= 0.6 is 0 Å². The number of likely N-dealkylation sites (tertiary alicyclic amines) is 1. The van der Waals surface area contributed by atoms with E-state index in [0.717, 1.165) is 75.0 Å². The number of ether oxygens (including phenoxy) is 1. The second-order valence-electron chi connectivity index (χ2n) is 20.5. The molecule has 2 aromatic carbocycles. The summed E-state index contributed by atoms with van der Waals surface area (Å²) in [5, 5.41) is 16.1. The third-order valence-corrected chi connectivity index (χ3v) is 16.6. The average molecular weight is 917 g/mol. The van der Waals surface area contributed by atoms with E-state index in [1.54, 1.807) is 30.6 Å². The van der Waals surface area contributed by atoms with E-state index in [1.165, 1.54) is 56.2 Å². The van der Waals surface area contributed by atoms with Crippen molar-refractivity contribution < 1.29 is 22.9 Å². The molecule has 1 spiro atoms. The highest BCUT2D eigenvalue weighted by atomic mass is 32.2. The van der Waals surface area contributed by atoms with Gasteiger partial charge in [-0.15, -0.1) is 0 Å². The van der Waals surface area contributed by atoms with Gasteiger partial charge in [-0.05, 0) is 142 Å². The van der Waals surface area contributed by atoms with Gasteiger partial charge in [-0.2, -0.15) is 0 Å². The summed E-state index contributed by atoms with van der Waals surface area (Å²) >= 11 is 0. The number of H-pyrrole nitrogens is 1. The Morgan fingerprint density at radius 2 is 1.68 bits per heavy atom. The second-order valence-corrected chi connectivity index (χ2v) is 22.2. The number of aromatic amines is 1. The van der Waals surface area contributed by atoms with Crippen LogP contribution in [0.4, 0.5) is 17.2 Å². The lowest BCUT2D eigenvalue weighted by Crippen LogP contribution is -2.45. The number of carbonyl (C=O) groups excluding carboxylic acids is 1. The molecule has 350 valence electrons. The van der Waals surface area contributed by atoms with E-state index in [9.17, 15) is 23.3 Å². The first-order chi connectivity index (χ1) is 31.7. The predicted octanol–water partition coefficient (Wildman–Crippen LogP) is 10.9. The quantitative estimate of drug-likeness (QED) is 0.0757. The van der Waals surface area contributed by atoms with Crippen LogP contribution in [0.15, 0.2) is 84.1 Å². The molecule has 0 unspecified atom stereocenters. The van der Waals surface area contributed by atoms with Gasteiger partial charge in [0.1, 0.15) is 22.0 Å². The number of nitrogens with one attached hydrogen (secondary N) is 3. The molecule has 5 aromatic rings. The highest BCUT2D eigenvalue weighted by molar-refractivity contribution is 7.90. The third-order valence-electron chi connectivity index (χ3n) is 15.4. The highest BCUT2D eigenvalue weighted by Crippen LogP contribution is 2.49. The number of anilines is 2. The molecule has 4 aliphatic rings. The van der Waals surface area contributed by atoms with Gasteiger partial charge < -0.3 is 19.9 Å². The minimum atomic E-state index is -4.60. The van der Waals surface area contributed by atoms with Crippen LogP contribution < -0.4 is 19.7 Å². The maximum Gasteiger partial charge on any atom is 0.312 e. The number of pyridine rings is 2. The van der Waals surface area contributed by atoms with E-state index < -0.39 is 31.4 Å². The van der Waals surface area contributed by atoms with Crippen molar-refractivity contribution in [1.82, 2.24) is 24.6 Å². The van der Waals surface area contributed by atoms with Crippen LogP contribution in [0.2, 0.25) is 0 Å². The van der Waals surface area contributed by atoms with E-state index >= 15 is 0 Å². The molecule has 3 aromatic heterocycles. The van der Waals surface area contributed by atoms with E-state index in [0.29, 0.717) is 47.3 Å². The molecule has 2 saturated heterocycles. The third kappa shape index (κ3) is 9.78. The van der Waals surface area contributed by atoms with Gasteiger partial charge in [0, 0.05) is 61.1 Å². The Bertz CT molecular complexity index is 2670. The van der Waals surface area contributed by atoms with E-state index in [4.69, 9.17) is 4.74 Å². The molecular formula is C51H64N8O6S. The number of hydrogen-bond acceptors (Lipinski definition) is 11. The standard InChI is InChI=1S/C51H64N8O6S/c1-34(2)41-8-5-6-9-42(41)44-10-7-25-58(44)37-15-20-51(21-16-37)22-26-57(27-23-51)38-11-12-43(46(29-38)65-39-28-36-17-24-52-47(36)54-32-39)49(60)56-66(63,64)40-30-45(59(61)62)48(55-33-40)53-31-35-13-18-50(3,4)19-14-35/h5-6,8-9,11-12,17,24,28-30,32-35,37,44H,7,10,13-16,18-23,25-27,31H2,1-4H3,(H,52,54)(H,53,55)(H,56,60)/t44-/m1/s1. The summed E-state index contributed by atoms with van der Waals surface area (Å²) in [6.45, 7) is 12.5. The predicted molar refractivity (Wildman–Crippen MR) is 258 cm³/mol. The minimum Gasteiger partial charge on any atom is -0.455 e. The van der Waals surface area contributed by atoms with Gasteiger partial charge in [0.15, 0.2) is 0 Å². The van der Waals surface area contributed by atoms with E-state index in [-0.39, 0.29) is 22.5 Å². The van der Waals surface area contributed by atoms with Gasteiger partial charge in [0.05, 0.1) is 22.9 Å². The lowest BCUT2D eigenvalue weighted by molar-refractivity contribution is -0.384. The molecule has 2 aliphatic heterocycles. The number of nitrogens with zero attached hydrogens (tertiary/aromatic N) is 5. The van der Waals surface area contributed by atoms with Crippen molar-refractivity contribution in [2.45, 2.75) is 128 Å². The molecule has 9 rings (SSSR count). The van der Waals surface area contributed by atoms with Crippen LogP contribution in [0.5, 0.6) is 11.5 Å². The molecule has 0 radical (unpaired) electrons. The van der Waals surface area contributed by atoms with E-state index in [2.05, 4.69) is 86.8 Å². The summed E-state index contributed by atoms with van der Waals surface area (Å²) in [6.07, 6.45) is 18.0. The summed E-state index contributed by atoms with van der Waals surface area (Å²) in [5.74, 6) is 0.414. The number of fused-ring (bicyclic) bond motifs is 1. The van der Waals surface area contributed by atoms with Crippen molar-refractivity contribution in [3.05, 3.63) is 106 Å². The molecule has 1 amide bonds. The number of nitro groups is 1. The van der Waals surface area contributed by atoms with Gasteiger partial charge in [-0.3, -0.25) is 19.8 Å². The fourth-order valence-electron chi connectivity index (χ4n) is 11.3. The van der Waals surface area contributed by atoms with Crippen LogP contribution in [0.25, 0.3) is 11.0 Å². The molecule has 4 fully saturated rings. The Balaban J connectivity index is 0.887. The number of piperidine rings is 1. The number of amides is 1. The molecule has 2 saturated carbocycles. The van der Waals surface area contributed by atoms with Crippen molar-refractivity contribution >= 4 is 44.2 Å². The minimum absolute atomic E-state index is 0.00932. The Hall–Kier alpha value is -5.54. The average Bonchev–Trinajstić information content (AvgIpc) is 3.99. The van der Waals surface area contributed by atoms with Crippen LogP contribution in [0.1, 0.15) is 138 Å². The van der Waals surface area contributed by atoms with Crippen LogP contribution in [-0.2, 0) is 10.0 Å². The highest BCUT2D eigenvalue weighted by Gasteiger charge is 2.42. The normalized spacial score (nSPS) is 20.5. The van der Waals surface area contributed by atoms with Crippen molar-refractivity contribution in [3.63, 3.8) is 0 Å². The number of sulfonamides is 1. The van der Waals surface area contributed by atoms with E-state index in [1.807, 2.05) is 12.1 Å². The molecule has 2 aliphatic carbocycles. The molecule has 66 heavy (non-hydrogen) atoms. The Kier molecular flexibility index (Phi) is 12.9. The second kappa shape index (κ2) is 18.6. The fourth-order valence-corrected chi connectivity index (χ4v) is 12.2. The monoisotopic (exact) mass is 916 g/mol. The van der Waals surface area contributed by atoms with Gasteiger partial charge in [-0.25, -0.2) is 23.1 Å². The smallest absolute Gasteiger partial charge is 0.312 e. The molecule has 3 N–H and O–H groups in total. The number of aromatic nitrogens is 3. The summed E-state index contributed by atoms with van der Waals surface area (Å²) in [4.78, 5) is 41.9. The number of rotatable bonds is 13. The largest absolute Gasteiger partial charge is 0.455 e. The molecule has 1 atom stereocenters. The van der Waals surface area contributed by atoms with Crippen LogP contribution in [0.3, 0.4) is 0 Å². The first-order valence-electron chi connectivity index (χ1n) is 24.0. The summed E-state index contributed by atoms with van der Waals surface area (Å²) in [7, 11) is -4.60. The molecule has 0 bridgehead atoms. The fraction of sp³-hybridized carbons (Fsp3) is 0.510. The Morgan fingerprint density at radius 1 is 0.924 bits per heavy atom. The van der Waals surface area contributed by atoms with Gasteiger partial charge in [-0.1, -0.05) is 52.0 Å². The summed E-state index contributed by atoms with van der Waals surface area (Å²) in [5.41, 5.74) is 4.62. The van der Waals surface area contributed by atoms with Crippen LogP contribution in [-0.4, -0.2) is 71.3 Å². The van der Waals surface area contributed by atoms with Gasteiger partial charge in [0.25, 0.3) is 15.9 Å². The Labute approximate surface area is 388 Å². The summed E-state index contributed by atoms with van der Waals surface area (Å²) in [6, 6.07) is 20.0. The zero-order valence-electron chi connectivity index (χ0n) is 38.7. The topological polar surface area (TPSA) is 176 Å². The molecule has 15 heteroatoms. The number of benzene rings is 2. The molecule has 14 nitrogen and oxygen atoms in total. The Morgan fingerprint density at radius 3 is 2.42 bits per heavy atom. The first-order valence-corrected chi connectivity index (χ1v) is 25.4. The SMILES string of the molecule is CC(C)c1ccccc1[C@H]1CCCN1C1CCC2(CC1)CCN(c1ccc(C(=O)NS(=O)(=O)c3cnc(NCC4CCC(C)(C)CC4)c([N+](=O)[O-])c3)c(Oc3cnc4[nH]ccc4c3)c1)CC2. The first kappa shape index (κ1) is 45.6. The van der Waals surface area contributed by atoms with Crippen molar-refractivity contribution in [2.75, 3.05) is 36.4 Å². The maximum atomic E-state index is 14.0. The van der Waals surface area contributed by atoms with Crippen molar-refractivity contribution in [3.8, 4) is 11.5 Å². The summed E-state index contributed by atoms with van der Waals surface area (Å²) < 4.78 is 36.0. The zero-order valence-corrected chi connectivity index (χ0v) is 39.5. The number of carbonyl (C=O) groups is 1. The molecule has 5 heterocycles. The van der Waals surface area contributed by atoms with Gasteiger partial charge in [0.2, 0.25) is 5.82 Å². The lowest BCUT2D eigenvalue weighted by atomic mass is 9.66.